The second-order valence-corrected chi connectivity index (χ2v) is 3.92. The zero-order valence-corrected chi connectivity index (χ0v) is 9.42. The van der Waals surface area contributed by atoms with Gasteiger partial charge in [0.2, 0.25) is 5.91 Å². The Hall–Kier alpha value is -1.58. The molecule has 86 valence electrons. The highest BCUT2D eigenvalue weighted by atomic mass is 19.1. The lowest BCUT2D eigenvalue weighted by molar-refractivity contribution is -0.118. The van der Waals surface area contributed by atoms with Crippen molar-refractivity contribution in [3.63, 3.8) is 0 Å². The van der Waals surface area contributed by atoms with E-state index < -0.39 is 0 Å². The summed E-state index contributed by atoms with van der Waals surface area (Å²) in [6.07, 6.45) is 2.00. The van der Waals surface area contributed by atoms with Crippen LogP contribution in [0, 0.1) is 5.82 Å². The van der Waals surface area contributed by atoms with Crippen LogP contribution in [-0.4, -0.2) is 20.1 Å². The number of carbonyl (C=O) groups excluding carboxylic acids is 1. The van der Waals surface area contributed by atoms with E-state index >= 15 is 0 Å². The lowest BCUT2D eigenvalue weighted by Gasteiger charge is -2.18. The first-order valence-corrected chi connectivity index (χ1v) is 5.26. The molecular weight excluding hydrogens is 209 g/mol. The van der Waals surface area contributed by atoms with Crippen LogP contribution >= 0.6 is 0 Å². The van der Waals surface area contributed by atoms with E-state index in [1.165, 1.54) is 13.2 Å². The molecule has 0 saturated heterocycles. The Labute approximate surface area is 93.8 Å². The van der Waals surface area contributed by atoms with Gasteiger partial charge in [-0.2, -0.15) is 0 Å². The van der Waals surface area contributed by atoms with E-state index in [1.54, 1.807) is 18.0 Å². The van der Waals surface area contributed by atoms with Gasteiger partial charge >= 0.3 is 0 Å². The highest BCUT2D eigenvalue weighted by molar-refractivity contribution is 5.94. The van der Waals surface area contributed by atoms with Crippen molar-refractivity contribution < 1.29 is 13.9 Å². The summed E-state index contributed by atoms with van der Waals surface area (Å²) >= 11 is 0. The molecule has 0 atom stereocenters. The maximum absolute atomic E-state index is 13.5. The molecule has 0 aliphatic carbocycles. The van der Waals surface area contributed by atoms with Gasteiger partial charge < -0.3 is 9.64 Å². The number of rotatable bonds is 1. The van der Waals surface area contributed by atoms with Crippen LogP contribution < -0.4 is 9.64 Å². The van der Waals surface area contributed by atoms with Gasteiger partial charge in [0.25, 0.3) is 0 Å². The van der Waals surface area contributed by atoms with Crippen LogP contribution in [0.25, 0.3) is 0 Å². The van der Waals surface area contributed by atoms with Gasteiger partial charge in [-0.05, 0) is 24.5 Å². The molecule has 16 heavy (non-hydrogen) atoms. The van der Waals surface area contributed by atoms with Gasteiger partial charge in [-0.25, -0.2) is 4.39 Å². The fourth-order valence-corrected chi connectivity index (χ4v) is 1.98. The molecule has 0 N–H and O–H groups in total. The minimum Gasteiger partial charge on any atom is -0.494 e. The van der Waals surface area contributed by atoms with E-state index in [0.29, 0.717) is 6.42 Å². The molecule has 0 unspecified atom stereocenters. The van der Waals surface area contributed by atoms with Crippen molar-refractivity contribution in [1.82, 2.24) is 0 Å². The number of nitrogens with zero attached hydrogens (tertiary/aromatic N) is 1. The van der Waals surface area contributed by atoms with E-state index in [-0.39, 0.29) is 17.5 Å². The number of aryl methyl sites for hydroxylation is 1. The average molecular weight is 223 g/mol. The van der Waals surface area contributed by atoms with Crippen molar-refractivity contribution >= 4 is 11.6 Å². The fraction of sp³-hybridized carbons (Fsp3) is 0.417. The fourth-order valence-electron chi connectivity index (χ4n) is 1.98. The van der Waals surface area contributed by atoms with Crippen LogP contribution in [-0.2, 0) is 11.2 Å². The van der Waals surface area contributed by atoms with Crippen LogP contribution in [0.4, 0.5) is 10.1 Å². The molecule has 0 aromatic heterocycles. The molecule has 1 aromatic rings. The number of methoxy groups -OCH3 is 1. The minimum atomic E-state index is -0.371. The SMILES string of the molecule is COc1cc2c(cc1F)CCCC(=O)N2C. The Morgan fingerprint density at radius 2 is 2.12 bits per heavy atom. The summed E-state index contributed by atoms with van der Waals surface area (Å²) in [5.74, 6) is -0.128. The summed E-state index contributed by atoms with van der Waals surface area (Å²) in [5.41, 5.74) is 1.62. The lowest BCUT2D eigenvalue weighted by atomic mass is 10.1. The third-order valence-electron chi connectivity index (χ3n) is 2.93. The zero-order valence-electron chi connectivity index (χ0n) is 9.42. The van der Waals surface area contributed by atoms with Crippen molar-refractivity contribution in [3.8, 4) is 5.75 Å². The van der Waals surface area contributed by atoms with Crippen molar-refractivity contribution in [2.75, 3.05) is 19.1 Å². The summed E-state index contributed by atoms with van der Waals surface area (Å²) in [7, 11) is 3.13. The first-order valence-electron chi connectivity index (χ1n) is 5.26. The van der Waals surface area contributed by atoms with E-state index in [1.807, 2.05) is 0 Å². The largest absolute Gasteiger partial charge is 0.494 e. The first-order chi connectivity index (χ1) is 7.63. The molecule has 2 rings (SSSR count). The molecule has 1 aliphatic rings. The molecule has 1 heterocycles. The quantitative estimate of drug-likeness (QED) is 0.730. The summed E-state index contributed by atoms with van der Waals surface area (Å²) < 4.78 is 18.4. The predicted octanol–water partition coefficient (Wildman–Crippen LogP) is 2.13. The zero-order chi connectivity index (χ0) is 11.7. The topological polar surface area (TPSA) is 29.5 Å². The van der Waals surface area contributed by atoms with E-state index in [0.717, 1.165) is 24.1 Å². The Bertz CT molecular complexity index is 431. The smallest absolute Gasteiger partial charge is 0.226 e. The second kappa shape index (κ2) is 4.12. The van der Waals surface area contributed by atoms with Crippen molar-refractivity contribution in [2.24, 2.45) is 0 Å². The maximum Gasteiger partial charge on any atom is 0.226 e. The normalized spacial score (nSPS) is 15.7. The van der Waals surface area contributed by atoms with Gasteiger partial charge in [-0.15, -0.1) is 0 Å². The monoisotopic (exact) mass is 223 g/mol. The van der Waals surface area contributed by atoms with E-state index in [4.69, 9.17) is 4.74 Å². The van der Waals surface area contributed by atoms with Crippen LogP contribution in [0.3, 0.4) is 0 Å². The molecule has 3 nitrogen and oxygen atoms in total. The second-order valence-electron chi connectivity index (χ2n) is 3.92. The Morgan fingerprint density at radius 3 is 2.81 bits per heavy atom. The molecular formula is C12H14FNO2. The van der Waals surface area contributed by atoms with Crippen LogP contribution in [0.2, 0.25) is 0 Å². The van der Waals surface area contributed by atoms with Crippen molar-refractivity contribution in [1.29, 1.82) is 0 Å². The Morgan fingerprint density at radius 1 is 1.38 bits per heavy atom. The van der Waals surface area contributed by atoms with Crippen molar-refractivity contribution in [3.05, 3.63) is 23.5 Å². The number of halogens is 1. The van der Waals surface area contributed by atoms with Gasteiger partial charge in [0.05, 0.1) is 12.8 Å². The number of hydrogen-bond acceptors (Lipinski definition) is 2. The molecule has 0 radical (unpaired) electrons. The molecule has 0 bridgehead atoms. The Kier molecular flexibility index (Phi) is 2.81. The van der Waals surface area contributed by atoms with Crippen LogP contribution in [0.15, 0.2) is 12.1 Å². The summed E-state index contributed by atoms with van der Waals surface area (Å²) in [4.78, 5) is 13.2. The standard InChI is InChI=1S/C12H14FNO2/c1-14-10-7-11(16-2)9(13)6-8(10)4-3-5-12(14)15/h6-7H,3-5H2,1-2H3. The van der Waals surface area contributed by atoms with Crippen molar-refractivity contribution in [2.45, 2.75) is 19.3 Å². The van der Waals surface area contributed by atoms with E-state index in [2.05, 4.69) is 0 Å². The van der Waals surface area contributed by atoms with Crippen LogP contribution in [0.5, 0.6) is 5.75 Å². The number of benzene rings is 1. The molecule has 0 saturated carbocycles. The highest BCUT2D eigenvalue weighted by Crippen LogP contribution is 2.31. The Balaban J connectivity index is 2.53. The number of hydrogen-bond donors (Lipinski definition) is 0. The number of anilines is 1. The molecule has 1 amide bonds. The third-order valence-corrected chi connectivity index (χ3v) is 2.93. The highest BCUT2D eigenvalue weighted by Gasteiger charge is 2.21. The lowest BCUT2D eigenvalue weighted by Crippen LogP contribution is -2.25. The molecule has 4 heteroatoms. The third kappa shape index (κ3) is 1.75. The van der Waals surface area contributed by atoms with Gasteiger partial charge in [-0.1, -0.05) is 0 Å². The minimum absolute atomic E-state index is 0.0624. The predicted molar refractivity (Wildman–Crippen MR) is 59.3 cm³/mol. The van der Waals surface area contributed by atoms with Gasteiger partial charge in [0.1, 0.15) is 0 Å². The van der Waals surface area contributed by atoms with Crippen LogP contribution in [0.1, 0.15) is 18.4 Å². The van der Waals surface area contributed by atoms with Gasteiger partial charge in [0, 0.05) is 19.5 Å². The number of ether oxygens (including phenoxy) is 1. The average Bonchev–Trinajstić information content (AvgIpc) is 2.39. The molecule has 1 aromatic carbocycles. The summed E-state index contributed by atoms with van der Waals surface area (Å²) in [6, 6.07) is 3.05. The number of fused-ring (bicyclic) bond motifs is 1. The van der Waals surface area contributed by atoms with Gasteiger partial charge in [0.15, 0.2) is 11.6 Å². The molecule has 0 spiro atoms. The van der Waals surface area contributed by atoms with E-state index in [9.17, 15) is 9.18 Å². The first kappa shape index (κ1) is 10.9. The number of amides is 1. The maximum atomic E-state index is 13.5. The number of carbonyl (C=O) groups is 1. The molecule has 0 fully saturated rings. The summed E-state index contributed by atoms with van der Waals surface area (Å²) in [5, 5.41) is 0. The molecule has 1 aliphatic heterocycles. The van der Waals surface area contributed by atoms with Gasteiger partial charge in [-0.3, -0.25) is 4.79 Å². The summed E-state index contributed by atoms with van der Waals surface area (Å²) in [6.45, 7) is 0.